The predicted molar refractivity (Wildman–Crippen MR) is 83.9 cm³/mol. The van der Waals surface area contributed by atoms with Gasteiger partial charge in [-0.25, -0.2) is 9.97 Å². The lowest BCUT2D eigenvalue weighted by Gasteiger charge is -2.33. The molecule has 6 heteroatoms. The summed E-state index contributed by atoms with van der Waals surface area (Å²) in [4.78, 5) is 24.7. The topological polar surface area (TPSA) is 58.6 Å². The summed E-state index contributed by atoms with van der Waals surface area (Å²) in [6.07, 6.45) is 8.38. The Morgan fingerprint density at radius 1 is 1.32 bits per heavy atom. The number of carbonyl (C=O) groups is 1. The fourth-order valence-corrected chi connectivity index (χ4v) is 2.82. The van der Waals surface area contributed by atoms with E-state index in [1.807, 2.05) is 23.9 Å². The molecule has 22 heavy (non-hydrogen) atoms. The molecule has 0 N–H and O–H groups in total. The zero-order valence-electron chi connectivity index (χ0n) is 13.4. The fourth-order valence-electron chi connectivity index (χ4n) is 2.82. The summed E-state index contributed by atoms with van der Waals surface area (Å²) in [5, 5.41) is 0. The molecule has 1 saturated heterocycles. The average Bonchev–Trinajstić information content (AvgIpc) is 3.32. The molecule has 3 rings (SSSR count). The first-order valence-electron chi connectivity index (χ1n) is 8.06. The van der Waals surface area contributed by atoms with Gasteiger partial charge in [-0.1, -0.05) is 0 Å². The van der Waals surface area contributed by atoms with E-state index in [1.54, 1.807) is 12.4 Å². The van der Waals surface area contributed by atoms with Crippen molar-refractivity contribution in [2.75, 3.05) is 32.1 Å². The van der Waals surface area contributed by atoms with Gasteiger partial charge in [-0.2, -0.15) is 0 Å². The zero-order valence-corrected chi connectivity index (χ0v) is 13.4. The minimum Gasteiger partial charge on any atom is -0.470 e. The van der Waals surface area contributed by atoms with Gasteiger partial charge in [0.1, 0.15) is 6.10 Å². The maximum Gasteiger partial charge on any atom is 0.257 e. The van der Waals surface area contributed by atoms with Crippen molar-refractivity contribution in [2.24, 2.45) is 5.92 Å². The molecule has 1 aromatic rings. The van der Waals surface area contributed by atoms with Crippen LogP contribution in [0.15, 0.2) is 12.4 Å². The van der Waals surface area contributed by atoms with Crippen LogP contribution in [0.1, 0.15) is 32.1 Å². The zero-order chi connectivity index (χ0) is 15.5. The van der Waals surface area contributed by atoms with Crippen molar-refractivity contribution in [1.82, 2.24) is 14.9 Å². The molecule has 0 radical (unpaired) electrons. The van der Waals surface area contributed by atoms with E-state index in [9.17, 15) is 4.79 Å². The molecule has 0 bridgehead atoms. The lowest BCUT2D eigenvalue weighted by molar-refractivity contribution is -0.134. The number of carbonyl (C=O) groups excluding carboxylic acids is 1. The number of rotatable bonds is 5. The molecule has 2 fully saturated rings. The molecule has 0 aromatic carbocycles. The van der Waals surface area contributed by atoms with Crippen LogP contribution in [0.25, 0.3) is 0 Å². The minimum absolute atomic E-state index is 0.00676. The van der Waals surface area contributed by atoms with Crippen LogP contribution in [-0.4, -0.2) is 54.1 Å². The van der Waals surface area contributed by atoms with Gasteiger partial charge in [0.25, 0.3) is 5.88 Å². The Morgan fingerprint density at radius 3 is 2.82 bits per heavy atom. The first-order valence-corrected chi connectivity index (χ1v) is 8.06. The lowest BCUT2D eigenvalue weighted by Crippen LogP contribution is -2.44. The second kappa shape index (κ2) is 6.50. The molecule has 1 aliphatic carbocycles. The lowest BCUT2D eigenvalue weighted by atomic mass is 10.1. The van der Waals surface area contributed by atoms with E-state index < -0.39 is 0 Å². The Hall–Kier alpha value is -1.85. The Balaban J connectivity index is 1.61. The van der Waals surface area contributed by atoms with Crippen molar-refractivity contribution in [3.05, 3.63) is 12.4 Å². The maximum absolute atomic E-state index is 12.3. The summed E-state index contributed by atoms with van der Waals surface area (Å²) in [5.74, 6) is 2.19. The molecule has 0 spiro atoms. The van der Waals surface area contributed by atoms with Crippen molar-refractivity contribution >= 4 is 11.7 Å². The predicted octanol–water partition coefficient (Wildman–Crippen LogP) is 1.71. The number of ether oxygens (including phenoxy) is 1. The van der Waals surface area contributed by atoms with Crippen molar-refractivity contribution in [3.8, 4) is 5.88 Å². The number of anilines is 1. The second-order valence-electron chi connectivity index (χ2n) is 6.45. The van der Waals surface area contributed by atoms with Gasteiger partial charge in [0, 0.05) is 39.5 Å². The summed E-state index contributed by atoms with van der Waals surface area (Å²) in [7, 11) is 3.84. The van der Waals surface area contributed by atoms with Gasteiger partial charge in [0.2, 0.25) is 5.91 Å². The number of nitrogens with zero attached hydrogens (tertiary/aromatic N) is 4. The van der Waals surface area contributed by atoms with Crippen LogP contribution in [-0.2, 0) is 4.79 Å². The Kier molecular flexibility index (Phi) is 4.45. The third-order valence-electron chi connectivity index (χ3n) is 4.24. The summed E-state index contributed by atoms with van der Waals surface area (Å²) in [5.41, 5.74) is 0. The summed E-state index contributed by atoms with van der Waals surface area (Å²) < 4.78 is 6.04. The van der Waals surface area contributed by atoms with E-state index in [2.05, 4.69) is 9.97 Å². The molecule has 2 aliphatic rings. The quantitative estimate of drug-likeness (QED) is 0.829. The standard InChI is InChI=1S/C16H24N4O2/c1-19(2)15-16(18-8-7-17-15)22-13-4-3-9-20(11-13)14(21)10-12-5-6-12/h7-8,12-13H,3-6,9-11H2,1-2H3. The van der Waals surface area contributed by atoms with Crippen molar-refractivity contribution in [1.29, 1.82) is 0 Å². The van der Waals surface area contributed by atoms with Crippen LogP contribution < -0.4 is 9.64 Å². The molecule has 1 aliphatic heterocycles. The molecule has 1 amide bonds. The van der Waals surface area contributed by atoms with E-state index >= 15 is 0 Å². The van der Waals surface area contributed by atoms with Gasteiger partial charge in [-0.15, -0.1) is 0 Å². The SMILES string of the molecule is CN(C)c1nccnc1OC1CCCN(C(=O)CC2CC2)C1. The molecular weight excluding hydrogens is 280 g/mol. The first kappa shape index (κ1) is 15.1. The Bertz CT molecular complexity index is 531. The average molecular weight is 304 g/mol. The first-order chi connectivity index (χ1) is 10.6. The third-order valence-corrected chi connectivity index (χ3v) is 4.24. The van der Waals surface area contributed by atoms with E-state index in [-0.39, 0.29) is 12.0 Å². The van der Waals surface area contributed by atoms with Gasteiger partial charge in [0.05, 0.1) is 6.54 Å². The van der Waals surface area contributed by atoms with Crippen LogP contribution in [0, 0.1) is 5.92 Å². The van der Waals surface area contributed by atoms with Crippen molar-refractivity contribution < 1.29 is 9.53 Å². The molecule has 6 nitrogen and oxygen atoms in total. The van der Waals surface area contributed by atoms with Crippen LogP contribution in [0.3, 0.4) is 0 Å². The van der Waals surface area contributed by atoms with Crippen LogP contribution >= 0.6 is 0 Å². The minimum atomic E-state index is 0.00676. The second-order valence-corrected chi connectivity index (χ2v) is 6.45. The molecular formula is C16H24N4O2. The molecule has 1 saturated carbocycles. The summed E-state index contributed by atoms with van der Waals surface area (Å²) in [6.45, 7) is 1.52. The van der Waals surface area contributed by atoms with Gasteiger partial charge >= 0.3 is 0 Å². The number of aromatic nitrogens is 2. The van der Waals surface area contributed by atoms with Gasteiger partial charge in [0.15, 0.2) is 5.82 Å². The highest BCUT2D eigenvalue weighted by molar-refractivity contribution is 5.76. The van der Waals surface area contributed by atoms with Gasteiger partial charge < -0.3 is 14.5 Å². The smallest absolute Gasteiger partial charge is 0.257 e. The Morgan fingerprint density at radius 2 is 2.09 bits per heavy atom. The number of piperidine rings is 1. The van der Waals surface area contributed by atoms with Crippen molar-refractivity contribution in [2.45, 2.75) is 38.2 Å². The van der Waals surface area contributed by atoms with Crippen LogP contribution in [0.2, 0.25) is 0 Å². The summed E-state index contributed by atoms with van der Waals surface area (Å²) in [6, 6.07) is 0. The monoisotopic (exact) mass is 304 g/mol. The largest absolute Gasteiger partial charge is 0.470 e. The van der Waals surface area contributed by atoms with E-state index in [4.69, 9.17) is 4.74 Å². The number of likely N-dealkylation sites (tertiary alicyclic amines) is 1. The summed E-state index contributed by atoms with van der Waals surface area (Å²) >= 11 is 0. The fraction of sp³-hybridized carbons (Fsp3) is 0.688. The molecule has 2 heterocycles. The van der Waals surface area contributed by atoms with Crippen LogP contribution in [0.4, 0.5) is 5.82 Å². The van der Waals surface area contributed by atoms with Gasteiger partial charge in [-0.3, -0.25) is 4.79 Å². The van der Waals surface area contributed by atoms with Crippen LogP contribution in [0.5, 0.6) is 5.88 Å². The number of amides is 1. The van der Waals surface area contributed by atoms with E-state index in [0.29, 0.717) is 24.8 Å². The molecule has 1 atom stereocenters. The van der Waals surface area contributed by atoms with E-state index in [1.165, 1.54) is 12.8 Å². The molecule has 120 valence electrons. The van der Waals surface area contributed by atoms with Gasteiger partial charge in [-0.05, 0) is 31.6 Å². The highest BCUT2D eigenvalue weighted by Gasteiger charge is 2.30. The molecule has 1 unspecified atom stereocenters. The highest BCUT2D eigenvalue weighted by Crippen LogP contribution is 2.33. The normalized spacial score (nSPS) is 21.5. The third kappa shape index (κ3) is 3.67. The Labute approximate surface area is 131 Å². The molecule has 1 aromatic heterocycles. The maximum atomic E-state index is 12.3. The van der Waals surface area contributed by atoms with Crippen molar-refractivity contribution in [3.63, 3.8) is 0 Å². The number of hydrogen-bond donors (Lipinski definition) is 0. The van der Waals surface area contributed by atoms with E-state index in [0.717, 1.165) is 25.2 Å². The number of hydrogen-bond acceptors (Lipinski definition) is 5. The highest BCUT2D eigenvalue weighted by atomic mass is 16.5.